The van der Waals surface area contributed by atoms with E-state index in [4.69, 9.17) is 0 Å². The summed E-state index contributed by atoms with van der Waals surface area (Å²) in [5.74, 6) is 0. The van der Waals surface area contributed by atoms with Crippen LogP contribution in [0.15, 0.2) is 24.3 Å². The maximum atomic E-state index is 2.67. The zero-order chi connectivity index (χ0) is 6.69. The predicted octanol–water partition coefficient (Wildman–Crippen LogP) is 0.297. The highest BCUT2D eigenvalue weighted by atomic mass is 31.0. The van der Waals surface area contributed by atoms with E-state index in [0.717, 1.165) is 7.28 Å². The molecular formula is C7H10BP. The summed E-state index contributed by atoms with van der Waals surface area (Å²) in [7, 11) is 3.80. The Balaban J connectivity index is 2.88. The lowest BCUT2D eigenvalue weighted by atomic mass is 9.74. The van der Waals surface area contributed by atoms with Crippen LogP contribution in [0.2, 0.25) is 6.82 Å². The van der Waals surface area contributed by atoms with E-state index in [-0.39, 0.29) is 0 Å². The second kappa shape index (κ2) is 3.03. The molecule has 0 fully saturated rings. The van der Waals surface area contributed by atoms with Crippen LogP contribution in [0.5, 0.6) is 0 Å². The fourth-order valence-corrected chi connectivity index (χ4v) is 0.946. The molecule has 9 heavy (non-hydrogen) atoms. The first-order valence-electron chi connectivity index (χ1n) is 3.17. The average molecular weight is 136 g/mol. The number of benzene rings is 1. The maximum Gasteiger partial charge on any atom is 0.154 e. The summed E-state index contributed by atoms with van der Waals surface area (Å²) in [6, 6.07) is 8.54. The van der Waals surface area contributed by atoms with Gasteiger partial charge in [-0.2, -0.15) is 0 Å². The van der Waals surface area contributed by atoms with Crippen molar-refractivity contribution in [1.29, 1.82) is 0 Å². The third-order valence-electron chi connectivity index (χ3n) is 1.39. The predicted molar refractivity (Wildman–Crippen MR) is 48.4 cm³/mol. The molecule has 46 valence electrons. The van der Waals surface area contributed by atoms with Crippen molar-refractivity contribution in [3.05, 3.63) is 24.3 Å². The monoisotopic (exact) mass is 136 g/mol. The Hall–Kier alpha value is -0.285. The van der Waals surface area contributed by atoms with Gasteiger partial charge in [0.25, 0.3) is 0 Å². The molecule has 0 nitrogen and oxygen atoms in total. The summed E-state index contributed by atoms with van der Waals surface area (Å²) in [4.78, 5) is 0. The highest BCUT2D eigenvalue weighted by molar-refractivity contribution is 7.27. The Morgan fingerprint density at radius 2 is 1.78 bits per heavy atom. The summed E-state index contributed by atoms with van der Waals surface area (Å²) >= 11 is 0. The lowest BCUT2D eigenvalue weighted by molar-refractivity contribution is 1.84. The van der Waals surface area contributed by atoms with Crippen LogP contribution < -0.4 is 10.8 Å². The van der Waals surface area contributed by atoms with E-state index in [9.17, 15) is 0 Å². The molecule has 0 aliphatic heterocycles. The third-order valence-corrected chi connectivity index (χ3v) is 1.77. The van der Waals surface area contributed by atoms with E-state index in [1.54, 1.807) is 0 Å². The van der Waals surface area contributed by atoms with Crippen molar-refractivity contribution in [2.75, 3.05) is 0 Å². The van der Waals surface area contributed by atoms with E-state index in [0.29, 0.717) is 0 Å². The van der Waals surface area contributed by atoms with Gasteiger partial charge in [-0.25, -0.2) is 0 Å². The molecule has 1 aromatic rings. The molecular weight excluding hydrogens is 126 g/mol. The first-order chi connectivity index (χ1) is 4.33. The second-order valence-electron chi connectivity index (χ2n) is 2.10. The fourth-order valence-electron chi connectivity index (χ4n) is 0.753. The highest BCUT2D eigenvalue weighted by Gasteiger charge is 1.86. The minimum atomic E-state index is 1.13. The minimum Gasteiger partial charge on any atom is -0.106 e. The molecule has 0 radical (unpaired) electrons. The quantitative estimate of drug-likeness (QED) is 0.384. The van der Waals surface area contributed by atoms with Crippen LogP contribution in [0.25, 0.3) is 0 Å². The average Bonchev–Trinajstić information content (AvgIpc) is 1.90. The molecule has 1 atom stereocenters. The lowest BCUT2D eigenvalue weighted by Gasteiger charge is -1.93. The molecule has 0 heterocycles. The number of hydrogen-bond donors (Lipinski definition) is 0. The first kappa shape index (κ1) is 6.83. The Kier molecular flexibility index (Phi) is 2.30. The van der Waals surface area contributed by atoms with E-state index >= 15 is 0 Å². The number of hydrogen-bond acceptors (Lipinski definition) is 0. The zero-order valence-corrected chi connectivity index (χ0v) is 6.75. The van der Waals surface area contributed by atoms with Gasteiger partial charge in [-0.1, -0.05) is 36.6 Å². The van der Waals surface area contributed by atoms with Crippen molar-refractivity contribution in [3.63, 3.8) is 0 Å². The topological polar surface area (TPSA) is 0 Å². The molecule has 0 amide bonds. The minimum absolute atomic E-state index is 1.13. The van der Waals surface area contributed by atoms with E-state index < -0.39 is 0 Å². The zero-order valence-electron chi connectivity index (χ0n) is 5.59. The van der Waals surface area contributed by atoms with E-state index in [2.05, 4.69) is 40.3 Å². The van der Waals surface area contributed by atoms with Gasteiger partial charge in [0.05, 0.1) is 0 Å². The van der Waals surface area contributed by atoms with Crippen molar-refractivity contribution < 1.29 is 0 Å². The Morgan fingerprint density at radius 1 is 1.22 bits per heavy atom. The molecule has 0 spiro atoms. The van der Waals surface area contributed by atoms with Gasteiger partial charge in [-0.05, 0) is 5.30 Å². The van der Waals surface area contributed by atoms with Crippen LogP contribution in [0, 0.1) is 0 Å². The van der Waals surface area contributed by atoms with E-state index in [1.165, 1.54) is 10.8 Å². The summed E-state index contributed by atoms with van der Waals surface area (Å²) in [5.41, 5.74) is 1.40. The van der Waals surface area contributed by atoms with Crippen LogP contribution in [0.1, 0.15) is 0 Å². The van der Waals surface area contributed by atoms with Crippen LogP contribution in [-0.2, 0) is 0 Å². The molecule has 0 aromatic heterocycles. The molecule has 0 N–H and O–H groups in total. The summed E-state index contributed by atoms with van der Waals surface area (Å²) in [5, 5.41) is 1.26. The van der Waals surface area contributed by atoms with Gasteiger partial charge in [-0.15, -0.1) is 9.24 Å². The molecule has 0 aliphatic rings. The van der Waals surface area contributed by atoms with E-state index in [1.807, 2.05) is 0 Å². The molecule has 0 saturated carbocycles. The highest BCUT2D eigenvalue weighted by Crippen LogP contribution is 1.85. The van der Waals surface area contributed by atoms with Crippen molar-refractivity contribution in [2.45, 2.75) is 6.82 Å². The van der Waals surface area contributed by atoms with Crippen LogP contribution in [0.4, 0.5) is 0 Å². The first-order valence-corrected chi connectivity index (χ1v) is 3.75. The largest absolute Gasteiger partial charge is 0.154 e. The number of rotatable bonds is 1. The van der Waals surface area contributed by atoms with Gasteiger partial charge in [0.15, 0.2) is 7.28 Å². The van der Waals surface area contributed by atoms with Crippen molar-refractivity contribution in [2.24, 2.45) is 0 Å². The Bertz CT molecular complexity index is 181. The molecule has 1 unspecified atom stereocenters. The molecule has 0 aliphatic carbocycles. The normalized spacial score (nSPS) is 9.11. The van der Waals surface area contributed by atoms with Crippen LogP contribution in [0.3, 0.4) is 0 Å². The van der Waals surface area contributed by atoms with Crippen molar-refractivity contribution in [3.8, 4) is 0 Å². The Labute approximate surface area is 59.1 Å². The molecule has 0 bridgehead atoms. The molecule has 1 aromatic carbocycles. The third kappa shape index (κ3) is 1.84. The van der Waals surface area contributed by atoms with Gasteiger partial charge in [0.1, 0.15) is 0 Å². The summed E-state index contributed by atoms with van der Waals surface area (Å²) in [6.45, 7) is 2.16. The smallest absolute Gasteiger partial charge is 0.106 e. The van der Waals surface area contributed by atoms with Gasteiger partial charge in [0.2, 0.25) is 0 Å². The molecule has 1 rings (SSSR count). The lowest BCUT2D eigenvalue weighted by Crippen LogP contribution is -2.10. The fraction of sp³-hybridized carbons (Fsp3) is 0.143. The summed E-state index contributed by atoms with van der Waals surface area (Å²) < 4.78 is 0. The molecule has 2 heteroatoms. The van der Waals surface area contributed by atoms with Gasteiger partial charge in [-0.3, -0.25) is 0 Å². The summed E-state index contributed by atoms with van der Waals surface area (Å²) in [6.07, 6.45) is 0. The van der Waals surface area contributed by atoms with Crippen molar-refractivity contribution >= 4 is 27.3 Å². The SMILES string of the molecule is CBc1ccc(P)cc1. The van der Waals surface area contributed by atoms with Crippen LogP contribution >= 0.6 is 9.24 Å². The second-order valence-corrected chi connectivity index (χ2v) is 2.76. The van der Waals surface area contributed by atoms with Gasteiger partial charge >= 0.3 is 0 Å². The standard InChI is InChI=1S/C7H10BP/c1-8-6-2-4-7(9)5-3-6/h2-5,8H,9H2,1H3. The van der Waals surface area contributed by atoms with Crippen molar-refractivity contribution in [1.82, 2.24) is 0 Å². The van der Waals surface area contributed by atoms with Crippen LogP contribution in [-0.4, -0.2) is 7.28 Å². The van der Waals surface area contributed by atoms with Gasteiger partial charge < -0.3 is 0 Å². The maximum absolute atomic E-state index is 2.67. The Morgan fingerprint density at radius 3 is 2.22 bits per heavy atom. The van der Waals surface area contributed by atoms with Gasteiger partial charge in [0, 0.05) is 0 Å². The molecule has 0 saturated heterocycles.